The fraction of sp³-hybridized carbons (Fsp3) is 0.267. The van der Waals surface area contributed by atoms with Gasteiger partial charge < -0.3 is 5.11 Å². The van der Waals surface area contributed by atoms with Gasteiger partial charge in [-0.25, -0.2) is 19.2 Å². The number of aromatic nitrogens is 2. The van der Waals surface area contributed by atoms with Crippen molar-refractivity contribution in [3.63, 3.8) is 0 Å². The van der Waals surface area contributed by atoms with E-state index in [1.807, 2.05) is 6.07 Å². The van der Waals surface area contributed by atoms with Crippen molar-refractivity contribution >= 4 is 5.97 Å². The molecular formula is C15H14FN3O2. The minimum absolute atomic E-state index is 0.0883. The molecule has 5 nitrogen and oxygen atoms in total. The van der Waals surface area contributed by atoms with E-state index >= 15 is 0 Å². The maximum absolute atomic E-state index is 13.2. The van der Waals surface area contributed by atoms with Gasteiger partial charge in [0.2, 0.25) is 0 Å². The second kappa shape index (κ2) is 5.57. The number of nitrogens with zero attached hydrogens (tertiary/aromatic N) is 3. The molecule has 0 spiro atoms. The van der Waals surface area contributed by atoms with Gasteiger partial charge in [0.25, 0.3) is 0 Å². The molecular weight excluding hydrogens is 273 g/mol. The number of carboxylic acid groups (broad SMARTS) is 1. The van der Waals surface area contributed by atoms with Crippen molar-refractivity contribution in [2.45, 2.75) is 19.5 Å². The molecule has 0 saturated carbocycles. The van der Waals surface area contributed by atoms with Crippen LogP contribution in [-0.2, 0) is 19.5 Å². The highest BCUT2D eigenvalue weighted by atomic mass is 19.1. The maximum atomic E-state index is 13.2. The van der Waals surface area contributed by atoms with Gasteiger partial charge in [-0.3, -0.25) is 4.90 Å². The van der Waals surface area contributed by atoms with E-state index in [0.29, 0.717) is 31.6 Å². The molecule has 21 heavy (non-hydrogen) atoms. The molecule has 108 valence electrons. The predicted molar refractivity (Wildman–Crippen MR) is 73.2 cm³/mol. The molecule has 1 aliphatic heterocycles. The van der Waals surface area contributed by atoms with Gasteiger partial charge in [0.05, 0.1) is 5.69 Å². The Morgan fingerprint density at radius 3 is 3.00 bits per heavy atom. The first-order valence-electron chi connectivity index (χ1n) is 6.66. The fourth-order valence-corrected chi connectivity index (χ4v) is 2.62. The average Bonchev–Trinajstić information content (AvgIpc) is 2.46. The lowest BCUT2D eigenvalue weighted by Gasteiger charge is -2.28. The topological polar surface area (TPSA) is 66.3 Å². The molecule has 0 unspecified atom stereocenters. The van der Waals surface area contributed by atoms with Gasteiger partial charge in [-0.1, -0.05) is 12.1 Å². The average molecular weight is 287 g/mol. The predicted octanol–water partition coefficient (Wildman–Crippen LogP) is 1.87. The van der Waals surface area contributed by atoms with Crippen molar-refractivity contribution in [2.75, 3.05) is 6.54 Å². The summed E-state index contributed by atoms with van der Waals surface area (Å²) in [4.78, 5) is 21.3. The van der Waals surface area contributed by atoms with Gasteiger partial charge in [-0.15, -0.1) is 0 Å². The molecule has 1 N–H and O–H groups in total. The van der Waals surface area contributed by atoms with Crippen LogP contribution in [-0.4, -0.2) is 32.5 Å². The van der Waals surface area contributed by atoms with Crippen LogP contribution in [0.2, 0.25) is 0 Å². The van der Waals surface area contributed by atoms with Crippen LogP contribution in [0, 0.1) is 5.82 Å². The van der Waals surface area contributed by atoms with Crippen LogP contribution in [0.1, 0.15) is 27.3 Å². The Morgan fingerprint density at radius 2 is 2.24 bits per heavy atom. The molecule has 0 aliphatic carbocycles. The van der Waals surface area contributed by atoms with Gasteiger partial charge in [0.15, 0.2) is 5.69 Å². The number of hydrogen-bond acceptors (Lipinski definition) is 4. The smallest absolute Gasteiger partial charge is 0.354 e. The third kappa shape index (κ3) is 2.90. The number of halogens is 1. The Morgan fingerprint density at radius 1 is 1.38 bits per heavy atom. The lowest BCUT2D eigenvalue weighted by atomic mass is 10.0. The molecule has 1 aromatic carbocycles. The molecule has 0 bridgehead atoms. The summed E-state index contributed by atoms with van der Waals surface area (Å²) in [5.74, 6) is -1.27. The van der Waals surface area contributed by atoms with E-state index in [2.05, 4.69) is 14.9 Å². The number of rotatable bonds is 3. The Balaban J connectivity index is 1.79. The van der Waals surface area contributed by atoms with E-state index in [1.165, 1.54) is 18.5 Å². The van der Waals surface area contributed by atoms with Crippen LogP contribution < -0.4 is 0 Å². The van der Waals surface area contributed by atoms with Crippen LogP contribution in [0.15, 0.2) is 30.6 Å². The normalized spacial score (nSPS) is 14.7. The van der Waals surface area contributed by atoms with Crippen molar-refractivity contribution in [1.29, 1.82) is 0 Å². The van der Waals surface area contributed by atoms with Gasteiger partial charge in [0.1, 0.15) is 12.1 Å². The molecule has 0 amide bonds. The van der Waals surface area contributed by atoms with Crippen LogP contribution >= 0.6 is 0 Å². The standard InChI is InChI=1S/C15H14FN3O2/c16-11-3-1-2-10(6-11)7-19-5-4-12-13(8-19)17-9-18-14(12)15(20)21/h1-3,6,9H,4-5,7-8H2,(H,20,21). The number of carbonyl (C=O) groups is 1. The number of fused-ring (bicyclic) bond motifs is 1. The van der Waals surface area contributed by atoms with Crippen LogP contribution in [0.4, 0.5) is 4.39 Å². The Bertz CT molecular complexity index is 690. The van der Waals surface area contributed by atoms with E-state index in [4.69, 9.17) is 5.11 Å². The SMILES string of the molecule is O=C(O)c1ncnc2c1CCN(Cc1cccc(F)c1)C2. The monoisotopic (exact) mass is 287 g/mol. The largest absolute Gasteiger partial charge is 0.477 e. The van der Waals surface area contributed by atoms with Crippen molar-refractivity contribution in [3.8, 4) is 0 Å². The number of carboxylic acids is 1. The summed E-state index contributed by atoms with van der Waals surface area (Å²) < 4.78 is 13.2. The van der Waals surface area contributed by atoms with Crippen molar-refractivity contribution < 1.29 is 14.3 Å². The molecule has 0 atom stereocenters. The van der Waals surface area contributed by atoms with E-state index < -0.39 is 5.97 Å². The van der Waals surface area contributed by atoms with Crippen LogP contribution in [0.25, 0.3) is 0 Å². The van der Waals surface area contributed by atoms with Gasteiger partial charge in [-0.2, -0.15) is 0 Å². The Labute approximate surface area is 121 Å². The highest BCUT2D eigenvalue weighted by molar-refractivity contribution is 5.87. The number of benzene rings is 1. The highest BCUT2D eigenvalue weighted by Gasteiger charge is 2.23. The minimum atomic E-state index is -1.02. The maximum Gasteiger partial charge on any atom is 0.354 e. The molecule has 6 heteroatoms. The summed E-state index contributed by atoms with van der Waals surface area (Å²) in [6, 6.07) is 6.49. The second-order valence-corrected chi connectivity index (χ2v) is 5.04. The Kier molecular flexibility index (Phi) is 3.62. The second-order valence-electron chi connectivity index (χ2n) is 5.04. The molecule has 2 aromatic rings. The first kappa shape index (κ1) is 13.6. The van der Waals surface area contributed by atoms with Crippen molar-refractivity contribution in [1.82, 2.24) is 14.9 Å². The Hall–Kier alpha value is -2.34. The zero-order chi connectivity index (χ0) is 14.8. The number of aromatic carboxylic acids is 1. The molecule has 0 fully saturated rings. The molecule has 1 aliphatic rings. The van der Waals surface area contributed by atoms with Gasteiger partial charge >= 0.3 is 5.97 Å². The van der Waals surface area contributed by atoms with Gasteiger partial charge in [-0.05, 0) is 24.1 Å². The highest BCUT2D eigenvalue weighted by Crippen LogP contribution is 2.21. The summed E-state index contributed by atoms with van der Waals surface area (Å²) in [6.45, 7) is 1.87. The lowest BCUT2D eigenvalue weighted by molar-refractivity contribution is 0.0687. The van der Waals surface area contributed by atoms with Crippen molar-refractivity contribution in [2.24, 2.45) is 0 Å². The van der Waals surface area contributed by atoms with Crippen LogP contribution in [0.3, 0.4) is 0 Å². The third-order valence-electron chi connectivity index (χ3n) is 3.58. The van der Waals surface area contributed by atoms with E-state index in [-0.39, 0.29) is 11.5 Å². The first-order chi connectivity index (χ1) is 10.1. The fourth-order valence-electron chi connectivity index (χ4n) is 2.62. The quantitative estimate of drug-likeness (QED) is 0.933. The molecule has 1 aromatic heterocycles. The third-order valence-corrected chi connectivity index (χ3v) is 3.58. The van der Waals surface area contributed by atoms with E-state index in [9.17, 15) is 9.18 Å². The number of hydrogen-bond donors (Lipinski definition) is 1. The summed E-state index contributed by atoms with van der Waals surface area (Å²) in [6.07, 6.45) is 1.88. The minimum Gasteiger partial charge on any atom is -0.477 e. The van der Waals surface area contributed by atoms with Crippen LogP contribution in [0.5, 0.6) is 0 Å². The summed E-state index contributed by atoms with van der Waals surface area (Å²) in [7, 11) is 0. The molecule has 2 heterocycles. The molecule has 3 rings (SSSR count). The summed E-state index contributed by atoms with van der Waals surface area (Å²) in [5, 5.41) is 9.13. The molecule has 0 saturated heterocycles. The summed E-state index contributed by atoms with van der Waals surface area (Å²) in [5.41, 5.74) is 2.43. The summed E-state index contributed by atoms with van der Waals surface area (Å²) >= 11 is 0. The molecule has 0 radical (unpaired) electrons. The van der Waals surface area contributed by atoms with Gasteiger partial charge in [0, 0.05) is 25.2 Å². The van der Waals surface area contributed by atoms with E-state index in [1.54, 1.807) is 6.07 Å². The van der Waals surface area contributed by atoms with E-state index in [0.717, 1.165) is 11.3 Å². The zero-order valence-electron chi connectivity index (χ0n) is 11.3. The van der Waals surface area contributed by atoms with Crippen molar-refractivity contribution in [3.05, 3.63) is 58.9 Å². The zero-order valence-corrected chi connectivity index (χ0v) is 11.3. The first-order valence-corrected chi connectivity index (χ1v) is 6.66. The lowest BCUT2D eigenvalue weighted by Crippen LogP contribution is -2.32.